The van der Waals surface area contributed by atoms with Crippen LogP contribution in [0.3, 0.4) is 0 Å². The number of benzene rings is 1. The SMILES string of the molecule is COC1C=CC(c2nc3ccc(C4C[C@@H]4CC(C)=O)cc3s2)=CN1. The lowest BCUT2D eigenvalue weighted by atomic mass is 10.1. The van der Waals surface area contributed by atoms with Gasteiger partial charge in [-0.3, -0.25) is 0 Å². The van der Waals surface area contributed by atoms with Crippen LogP contribution < -0.4 is 5.32 Å². The minimum absolute atomic E-state index is 0.0668. The lowest BCUT2D eigenvalue weighted by Crippen LogP contribution is -2.26. The molecule has 0 saturated heterocycles. The molecule has 2 heterocycles. The number of carbonyl (C=O) groups excluding carboxylic acids is 1. The third-order valence-electron chi connectivity index (χ3n) is 4.67. The fourth-order valence-electron chi connectivity index (χ4n) is 3.29. The molecule has 1 fully saturated rings. The second-order valence-electron chi connectivity index (χ2n) is 6.54. The number of methoxy groups -OCH3 is 1. The molecule has 4 nitrogen and oxygen atoms in total. The van der Waals surface area contributed by atoms with E-state index in [1.165, 1.54) is 10.3 Å². The molecule has 2 aromatic rings. The quantitative estimate of drug-likeness (QED) is 0.898. The van der Waals surface area contributed by atoms with Crippen molar-refractivity contribution in [2.24, 2.45) is 5.92 Å². The zero-order valence-corrected chi connectivity index (χ0v) is 14.6. The average molecular weight is 340 g/mol. The van der Waals surface area contributed by atoms with E-state index in [4.69, 9.17) is 9.72 Å². The highest BCUT2D eigenvalue weighted by Gasteiger charge is 2.38. The fourth-order valence-corrected chi connectivity index (χ4v) is 4.30. The van der Waals surface area contributed by atoms with Crippen LogP contribution in [-0.4, -0.2) is 24.1 Å². The summed E-state index contributed by atoms with van der Waals surface area (Å²) in [6.45, 7) is 1.68. The van der Waals surface area contributed by atoms with Gasteiger partial charge in [0.15, 0.2) is 0 Å². The molecule has 1 aromatic carbocycles. The highest BCUT2D eigenvalue weighted by molar-refractivity contribution is 7.19. The van der Waals surface area contributed by atoms with Gasteiger partial charge in [0.25, 0.3) is 0 Å². The zero-order valence-electron chi connectivity index (χ0n) is 13.8. The van der Waals surface area contributed by atoms with Gasteiger partial charge in [0, 0.05) is 25.3 Å². The van der Waals surface area contributed by atoms with Gasteiger partial charge in [-0.2, -0.15) is 0 Å². The molecule has 2 unspecified atom stereocenters. The minimum Gasteiger partial charge on any atom is -0.362 e. The van der Waals surface area contributed by atoms with Crippen LogP contribution in [0.2, 0.25) is 0 Å². The number of carbonyl (C=O) groups is 1. The van der Waals surface area contributed by atoms with E-state index in [1.54, 1.807) is 25.4 Å². The summed E-state index contributed by atoms with van der Waals surface area (Å²) in [5.41, 5.74) is 3.45. The van der Waals surface area contributed by atoms with E-state index in [-0.39, 0.29) is 6.23 Å². The Morgan fingerprint density at radius 2 is 2.33 bits per heavy atom. The molecular formula is C19H20N2O2S. The Labute approximate surface area is 145 Å². The summed E-state index contributed by atoms with van der Waals surface area (Å²) in [5, 5.41) is 4.20. The zero-order chi connectivity index (χ0) is 16.7. The van der Waals surface area contributed by atoms with Gasteiger partial charge in [0.1, 0.15) is 17.0 Å². The van der Waals surface area contributed by atoms with Crippen molar-refractivity contribution in [3.05, 3.63) is 47.1 Å². The summed E-state index contributed by atoms with van der Waals surface area (Å²) < 4.78 is 6.44. The topological polar surface area (TPSA) is 51.2 Å². The Bertz CT molecular complexity index is 852. The largest absolute Gasteiger partial charge is 0.362 e. The van der Waals surface area contributed by atoms with E-state index >= 15 is 0 Å². The molecule has 0 bridgehead atoms. The van der Waals surface area contributed by atoms with E-state index in [0.29, 0.717) is 24.0 Å². The average Bonchev–Trinajstić information content (AvgIpc) is 3.20. The van der Waals surface area contributed by atoms with Crippen molar-refractivity contribution in [2.45, 2.75) is 31.9 Å². The predicted octanol–water partition coefficient (Wildman–Crippen LogP) is 3.85. The highest BCUT2D eigenvalue weighted by Crippen LogP contribution is 2.50. The summed E-state index contributed by atoms with van der Waals surface area (Å²) in [5.74, 6) is 1.37. The van der Waals surface area contributed by atoms with Gasteiger partial charge in [0.2, 0.25) is 0 Å². The molecule has 1 aliphatic heterocycles. The Kier molecular flexibility index (Phi) is 3.98. The van der Waals surface area contributed by atoms with Crippen LogP contribution in [0, 0.1) is 5.92 Å². The van der Waals surface area contributed by atoms with Crippen molar-refractivity contribution < 1.29 is 9.53 Å². The number of rotatable bonds is 5. The molecule has 124 valence electrons. The van der Waals surface area contributed by atoms with E-state index in [0.717, 1.165) is 22.5 Å². The molecular weight excluding hydrogens is 320 g/mol. The molecule has 24 heavy (non-hydrogen) atoms. The number of nitrogens with zero attached hydrogens (tertiary/aromatic N) is 1. The Hall–Kier alpha value is -1.98. The first-order chi connectivity index (χ1) is 11.6. The van der Waals surface area contributed by atoms with Crippen LogP contribution in [0.4, 0.5) is 0 Å². The normalized spacial score (nSPS) is 25.4. The number of dihydropyridines is 1. The molecule has 0 amide bonds. The van der Waals surface area contributed by atoms with Gasteiger partial charge in [-0.1, -0.05) is 12.1 Å². The molecule has 3 atom stereocenters. The second kappa shape index (κ2) is 6.15. The third-order valence-corrected chi connectivity index (χ3v) is 5.73. The van der Waals surface area contributed by atoms with E-state index in [2.05, 4.69) is 23.5 Å². The summed E-state index contributed by atoms with van der Waals surface area (Å²) in [6, 6.07) is 6.52. The van der Waals surface area contributed by atoms with Crippen LogP contribution in [0.25, 0.3) is 15.8 Å². The van der Waals surface area contributed by atoms with Gasteiger partial charge >= 0.3 is 0 Å². The first kappa shape index (κ1) is 15.5. The first-order valence-corrected chi connectivity index (χ1v) is 9.03. The fraction of sp³-hybridized carbons (Fsp3) is 0.368. The number of fused-ring (bicyclic) bond motifs is 1. The molecule has 0 spiro atoms. The van der Waals surface area contributed by atoms with Crippen molar-refractivity contribution in [3.63, 3.8) is 0 Å². The molecule has 1 saturated carbocycles. The van der Waals surface area contributed by atoms with Crippen molar-refractivity contribution in [2.75, 3.05) is 7.11 Å². The van der Waals surface area contributed by atoms with Crippen LogP contribution in [0.5, 0.6) is 0 Å². The number of aromatic nitrogens is 1. The van der Waals surface area contributed by atoms with Crippen LogP contribution in [0.15, 0.2) is 36.6 Å². The van der Waals surface area contributed by atoms with E-state index in [9.17, 15) is 4.79 Å². The molecule has 2 aliphatic rings. The van der Waals surface area contributed by atoms with Crippen LogP contribution in [-0.2, 0) is 9.53 Å². The van der Waals surface area contributed by atoms with Crippen LogP contribution in [0.1, 0.15) is 36.3 Å². The standard InChI is InChI=1S/C19H20N2O2S/c1-11(22)7-14-8-15(14)12-3-5-16-17(9-12)24-19(21-16)13-4-6-18(23-2)20-10-13/h3-6,9-10,14-15,18,20H,7-8H2,1-2H3/t14-,15?,18?/m0/s1. The monoisotopic (exact) mass is 340 g/mol. The van der Waals surface area contributed by atoms with Crippen molar-refractivity contribution in [1.82, 2.24) is 10.3 Å². The smallest absolute Gasteiger partial charge is 0.146 e. The predicted molar refractivity (Wildman–Crippen MR) is 96.8 cm³/mol. The number of nitrogens with one attached hydrogen (secondary N) is 1. The number of hydrogen-bond acceptors (Lipinski definition) is 5. The molecule has 1 aliphatic carbocycles. The van der Waals surface area contributed by atoms with Gasteiger partial charge in [-0.25, -0.2) is 4.98 Å². The molecule has 0 radical (unpaired) electrons. The summed E-state index contributed by atoms with van der Waals surface area (Å²) in [6.07, 6.45) is 7.77. The Balaban J connectivity index is 1.55. The number of hydrogen-bond donors (Lipinski definition) is 1. The number of thiazole rings is 1. The van der Waals surface area contributed by atoms with Gasteiger partial charge in [-0.05, 0) is 49.0 Å². The van der Waals surface area contributed by atoms with Gasteiger partial charge in [-0.15, -0.1) is 11.3 Å². The Morgan fingerprint density at radius 3 is 3.04 bits per heavy atom. The highest BCUT2D eigenvalue weighted by atomic mass is 32.1. The Morgan fingerprint density at radius 1 is 1.46 bits per heavy atom. The van der Waals surface area contributed by atoms with Crippen molar-refractivity contribution >= 4 is 32.9 Å². The van der Waals surface area contributed by atoms with E-state index < -0.39 is 0 Å². The lowest BCUT2D eigenvalue weighted by Gasteiger charge is -2.15. The summed E-state index contributed by atoms with van der Waals surface area (Å²) in [4.78, 5) is 16.0. The number of Topliss-reactive ketones (excluding diaryl/α,β-unsaturated/α-hetero) is 1. The van der Waals surface area contributed by atoms with Gasteiger partial charge in [0.05, 0.1) is 10.2 Å². The van der Waals surface area contributed by atoms with Gasteiger partial charge < -0.3 is 14.8 Å². The first-order valence-electron chi connectivity index (χ1n) is 8.21. The maximum Gasteiger partial charge on any atom is 0.146 e. The third kappa shape index (κ3) is 3.01. The van der Waals surface area contributed by atoms with Crippen molar-refractivity contribution in [3.8, 4) is 0 Å². The number of ether oxygens (including phenoxy) is 1. The van der Waals surface area contributed by atoms with Crippen LogP contribution >= 0.6 is 11.3 Å². The van der Waals surface area contributed by atoms with E-state index in [1.807, 2.05) is 18.4 Å². The molecule has 4 rings (SSSR count). The summed E-state index contributed by atoms with van der Waals surface area (Å²) >= 11 is 1.71. The second-order valence-corrected chi connectivity index (χ2v) is 7.57. The van der Waals surface area contributed by atoms with Crippen molar-refractivity contribution in [1.29, 1.82) is 0 Å². The molecule has 5 heteroatoms. The number of ketones is 1. The molecule has 1 N–H and O–H groups in total. The lowest BCUT2D eigenvalue weighted by molar-refractivity contribution is -0.117. The molecule has 1 aromatic heterocycles. The summed E-state index contributed by atoms with van der Waals surface area (Å²) in [7, 11) is 1.68. The maximum absolute atomic E-state index is 11.3. The number of allylic oxidation sites excluding steroid dienone is 2. The minimum atomic E-state index is -0.0668. The maximum atomic E-state index is 11.3.